The predicted molar refractivity (Wildman–Crippen MR) is 102 cm³/mol. The summed E-state index contributed by atoms with van der Waals surface area (Å²) in [6.07, 6.45) is 2.23. The molecule has 0 unspecified atom stereocenters. The quantitative estimate of drug-likeness (QED) is 0.105. The number of aldehydes is 1. The van der Waals surface area contributed by atoms with Gasteiger partial charge in [0.15, 0.2) is 0 Å². The Morgan fingerprint density at radius 2 is 1.76 bits per heavy atom. The zero-order valence-electron chi connectivity index (χ0n) is 13.9. The summed E-state index contributed by atoms with van der Waals surface area (Å²) in [6.45, 7) is 0.390. The topological polar surface area (TPSA) is 156 Å². The Hall–Kier alpha value is -1.30. The molecule has 0 aliphatic heterocycles. The van der Waals surface area contributed by atoms with Gasteiger partial charge in [-0.1, -0.05) is 0 Å². The van der Waals surface area contributed by atoms with Gasteiger partial charge in [0.2, 0.25) is 17.7 Å². The van der Waals surface area contributed by atoms with Crippen LogP contribution in [0.25, 0.3) is 0 Å². The van der Waals surface area contributed by atoms with Crippen molar-refractivity contribution in [3.8, 4) is 0 Å². The number of rotatable bonds is 13. The molecule has 0 heterocycles. The van der Waals surface area contributed by atoms with Crippen LogP contribution in [-0.2, 0) is 19.2 Å². The minimum Gasteiger partial charge on any atom is -0.353 e. The maximum Gasteiger partial charge on any atom is 0.243 e. The number of hydrogen-bond donors (Lipinski definition) is 7. The lowest BCUT2D eigenvalue weighted by Crippen LogP contribution is -2.55. The molecule has 0 aromatic carbocycles. The molecule has 0 saturated heterocycles. The van der Waals surface area contributed by atoms with Crippen LogP contribution >= 0.6 is 25.3 Å². The van der Waals surface area contributed by atoms with Crippen molar-refractivity contribution in [3.63, 3.8) is 0 Å². The molecule has 0 aliphatic rings. The summed E-state index contributed by atoms with van der Waals surface area (Å²) in [7, 11) is 0. The average molecular weight is 394 g/mol. The zero-order chi connectivity index (χ0) is 19.2. The Kier molecular flexibility index (Phi) is 13.2. The highest BCUT2D eigenvalue weighted by atomic mass is 32.1. The molecule has 25 heavy (non-hydrogen) atoms. The van der Waals surface area contributed by atoms with Gasteiger partial charge in [-0.3, -0.25) is 14.4 Å². The fourth-order valence-corrected chi connectivity index (χ4v) is 2.11. The molecule has 9 nitrogen and oxygen atoms in total. The minimum absolute atomic E-state index is 0.0186. The lowest BCUT2D eigenvalue weighted by Gasteiger charge is -2.22. The van der Waals surface area contributed by atoms with Gasteiger partial charge in [0.25, 0.3) is 0 Å². The van der Waals surface area contributed by atoms with Gasteiger partial charge in [-0.2, -0.15) is 25.3 Å². The van der Waals surface area contributed by atoms with E-state index in [1.54, 1.807) is 0 Å². The van der Waals surface area contributed by atoms with Crippen LogP contribution in [0.15, 0.2) is 0 Å². The standard InChI is InChI=1S/C14H27N5O4S2/c15-4-2-1-3-11(14(23)18-9(6-20)7-24)19-13(22)10(16)5-17-12(21)8-25/h6,9-11,24-25H,1-5,7-8,15-16H2,(H,17,21)(H,18,23)(H,19,22)/t9-,10+,11+/m1/s1. The summed E-state index contributed by atoms with van der Waals surface area (Å²) in [5, 5.41) is 7.48. The van der Waals surface area contributed by atoms with Gasteiger partial charge < -0.3 is 32.2 Å². The lowest BCUT2D eigenvalue weighted by atomic mass is 10.1. The molecular formula is C14H27N5O4S2. The first-order valence-electron chi connectivity index (χ1n) is 7.89. The van der Waals surface area contributed by atoms with Crippen LogP contribution in [0.2, 0.25) is 0 Å². The number of carbonyl (C=O) groups excluding carboxylic acids is 4. The van der Waals surface area contributed by atoms with E-state index in [2.05, 4.69) is 41.2 Å². The summed E-state index contributed by atoms with van der Waals surface area (Å²) >= 11 is 7.77. The SMILES string of the molecule is NCCCC[C@H](NC(=O)[C@@H](N)CNC(=O)CS)C(=O)N[C@H](C=O)CS. The van der Waals surface area contributed by atoms with Crippen molar-refractivity contribution in [1.82, 2.24) is 16.0 Å². The molecular weight excluding hydrogens is 366 g/mol. The van der Waals surface area contributed by atoms with Crippen molar-refractivity contribution >= 4 is 49.3 Å². The molecule has 7 N–H and O–H groups in total. The number of unbranched alkanes of at least 4 members (excludes halogenated alkanes) is 1. The molecule has 0 spiro atoms. The molecule has 0 rings (SSSR count). The van der Waals surface area contributed by atoms with Crippen LogP contribution in [-0.4, -0.2) is 66.7 Å². The number of thiol groups is 2. The number of hydrogen-bond acceptors (Lipinski definition) is 8. The van der Waals surface area contributed by atoms with Gasteiger partial charge in [0.1, 0.15) is 18.4 Å². The van der Waals surface area contributed by atoms with Crippen molar-refractivity contribution in [1.29, 1.82) is 0 Å². The Balaban J connectivity index is 4.73. The van der Waals surface area contributed by atoms with Gasteiger partial charge in [-0.25, -0.2) is 0 Å². The van der Waals surface area contributed by atoms with Gasteiger partial charge in [0, 0.05) is 12.3 Å². The first kappa shape index (κ1) is 23.7. The van der Waals surface area contributed by atoms with Crippen LogP contribution in [0.5, 0.6) is 0 Å². The van der Waals surface area contributed by atoms with E-state index in [0.29, 0.717) is 32.1 Å². The third kappa shape index (κ3) is 10.3. The summed E-state index contributed by atoms with van der Waals surface area (Å²) in [6, 6.07) is -2.61. The minimum atomic E-state index is -1.01. The molecule has 3 amide bonds. The summed E-state index contributed by atoms with van der Waals surface area (Å²) < 4.78 is 0. The van der Waals surface area contributed by atoms with Crippen LogP contribution in [0, 0.1) is 0 Å². The van der Waals surface area contributed by atoms with E-state index in [9.17, 15) is 19.2 Å². The second kappa shape index (κ2) is 13.9. The van der Waals surface area contributed by atoms with E-state index in [0.717, 1.165) is 0 Å². The normalized spacial score (nSPS) is 14.1. The second-order valence-electron chi connectivity index (χ2n) is 5.35. The number of nitrogens with two attached hydrogens (primary N) is 2. The van der Waals surface area contributed by atoms with E-state index in [-0.39, 0.29) is 24.0 Å². The van der Waals surface area contributed by atoms with E-state index >= 15 is 0 Å². The van der Waals surface area contributed by atoms with Gasteiger partial charge in [-0.05, 0) is 25.8 Å². The summed E-state index contributed by atoms with van der Waals surface area (Å²) in [4.78, 5) is 46.4. The Morgan fingerprint density at radius 1 is 1.08 bits per heavy atom. The van der Waals surface area contributed by atoms with Crippen molar-refractivity contribution in [2.75, 3.05) is 24.6 Å². The van der Waals surface area contributed by atoms with Crippen LogP contribution in [0.3, 0.4) is 0 Å². The van der Waals surface area contributed by atoms with Crippen LogP contribution < -0.4 is 27.4 Å². The lowest BCUT2D eigenvalue weighted by molar-refractivity contribution is -0.130. The van der Waals surface area contributed by atoms with E-state index < -0.39 is 29.9 Å². The molecule has 0 saturated carbocycles. The monoisotopic (exact) mass is 393 g/mol. The van der Waals surface area contributed by atoms with Crippen molar-refractivity contribution < 1.29 is 19.2 Å². The maximum absolute atomic E-state index is 12.3. The highest BCUT2D eigenvalue weighted by molar-refractivity contribution is 7.81. The van der Waals surface area contributed by atoms with E-state index in [1.807, 2.05) is 0 Å². The highest BCUT2D eigenvalue weighted by Crippen LogP contribution is 2.02. The smallest absolute Gasteiger partial charge is 0.243 e. The van der Waals surface area contributed by atoms with E-state index in [1.165, 1.54) is 0 Å². The van der Waals surface area contributed by atoms with Crippen molar-refractivity contribution in [3.05, 3.63) is 0 Å². The molecule has 3 atom stereocenters. The van der Waals surface area contributed by atoms with Crippen molar-refractivity contribution in [2.45, 2.75) is 37.4 Å². The largest absolute Gasteiger partial charge is 0.353 e. The Labute approximate surface area is 158 Å². The van der Waals surface area contributed by atoms with Gasteiger partial charge >= 0.3 is 0 Å². The third-order valence-corrected chi connectivity index (χ3v) is 3.95. The highest BCUT2D eigenvalue weighted by Gasteiger charge is 2.25. The molecule has 144 valence electrons. The van der Waals surface area contributed by atoms with Crippen LogP contribution in [0.4, 0.5) is 0 Å². The molecule has 0 radical (unpaired) electrons. The average Bonchev–Trinajstić information content (AvgIpc) is 2.62. The van der Waals surface area contributed by atoms with E-state index in [4.69, 9.17) is 11.5 Å². The van der Waals surface area contributed by atoms with Crippen LogP contribution in [0.1, 0.15) is 19.3 Å². The molecule has 0 aliphatic carbocycles. The zero-order valence-corrected chi connectivity index (χ0v) is 15.7. The molecule has 0 bridgehead atoms. The molecule has 11 heteroatoms. The van der Waals surface area contributed by atoms with Gasteiger partial charge in [-0.15, -0.1) is 0 Å². The first-order chi connectivity index (χ1) is 11.9. The van der Waals surface area contributed by atoms with Gasteiger partial charge in [0.05, 0.1) is 11.8 Å². The first-order valence-corrected chi connectivity index (χ1v) is 9.16. The molecule has 0 aromatic rings. The third-order valence-electron chi connectivity index (χ3n) is 3.27. The number of amides is 3. The second-order valence-corrected chi connectivity index (χ2v) is 6.03. The summed E-state index contributed by atoms with van der Waals surface area (Å²) in [5.74, 6) is -1.31. The number of carbonyl (C=O) groups is 4. The fraction of sp³-hybridized carbons (Fsp3) is 0.714. The maximum atomic E-state index is 12.3. The van der Waals surface area contributed by atoms with Crippen molar-refractivity contribution in [2.24, 2.45) is 11.5 Å². The molecule has 0 fully saturated rings. The predicted octanol–water partition coefficient (Wildman–Crippen LogP) is -2.41. The fourth-order valence-electron chi connectivity index (χ4n) is 1.82. The number of nitrogens with one attached hydrogen (secondary N) is 3. The Bertz CT molecular complexity index is 453. The Morgan fingerprint density at radius 3 is 2.28 bits per heavy atom. The molecule has 0 aromatic heterocycles. The summed E-state index contributed by atoms with van der Waals surface area (Å²) in [5.41, 5.74) is 11.1.